The third-order valence-corrected chi connectivity index (χ3v) is 5.01. The van der Waals surface area contributed by atoms with Gasteiger partial charge in [0, 0.05) is 30.5 Å². The van der Waals surface area contributed by atoms with E-state index in [1.807, 2.05) is 24.3 Å². The fraction of sp³-hybridized carbons (Fsp3) is 0.333. The number of carbonyl (C=O) groups is 2. The van der Waals surface area contributed by atoms with Gasteiger partial charge >= 0.3 is 6.09 Å². The second-order valence-electron chi connectivity index (χ2n) is 6.64. The summed E-state index contributed by atoms with van der Waals surface area (Å²) >= 11 is 6.25. The molecule has 1 heterocycles. The van der Waals surface area contributed by atoms with Crippen molar-refractivity contribution in [2.24, 2.45) is 0 Å². The predicted molar refractivity (Wildman–Crippen MR) is 113 cm³/mol. The summed E-state index contributed by atoms with van der Waals surface area (Å²) in [6, 6.07) is 12.6. The molecule has 0 aromatic heterocycles. The summed E-state index contributed by atoms with van der Waals surface area (Å²) in [6.45, 7) is 3.57. The Hall–Kier alpha value is -2.93. The molecule has 0 bridgehead atoms. The molecule has 1 saturated heterocycles. The van der Waals surface area contributed by atoms with Gasteiger partial charge in [0.1, 0.15) is 5.75 Å². The van der Waals surface area contributed by atoms with E-state index in [4.69, 9.17) is 21.1 Å². The summed E-state index contributed by atoms with van der Waals surface area (Å²) < 4.78 is 10.0. The van der Waals surface area contributed by atoms with Crippen LogP contribution in [0.1, 0.15) is 23.7 Å². The van der Waals surface area contributed by atoms with Crippen LogP contribution in [0.2, 0.25) is 5.02 Å². The quantitative estimate of drug-likeness (QED) is 0.744. The molecule has 2 N–H and O–H groups in total. The highest BCUT2D eigenvalue weighted by molar-refractivity contribution is 6.34. The van der Waals surface area contributed by atoms with Gasteiger partial charge in [0.15, 0.2) is 0 Å². The van der Waals surface area contributed by atoms with Gasteiger partial charge in [-0.1, -0.05) is 11.6 Å². The van der Waals surface area contributed by atoms with Crippen molar-refractivity contribution in [3.63, 3.8) is 0 Å². The van der Waals surface area contributed by atoms with Gasteiger partial charge in [-0.25, -0.2) is 4.79 Å². The number of hydrogen-bond acceptors (Lipinski definition) is 5. The molecule has 1 aliphatic rings. The first-order valence-corrected chi connectivity index (χ1v) is 9.81. The van der Waals surface area contributed by atoms with Crippen molar-refractivity contribution in [2.45, 2.75) is 19.4 Å². The normalized spacial score (nSPS) is 15.7. The van der Waals surface area contributed by atoms with E-state index in [2.05, 4.69) is 15.5 Å². The number of anilines is 2. The molecule has 29 heavy (non-hydrogen) atoms. The van der Waals surface area contributed by atoms with E-state index >= 15 is 0 Å². The summed E-state index contributed by atoms with van der Waals surface area (Å²) in [5.74, 6) is 0.576. The molecular weight excluding hydrogens is 394 g/mol. The number of methoxy groups -OCH3 is 1. The minimum Gasteiger partial charge on any atom is -0.497 e. The molecule has 1 aliphatic heterocycles. The van der Waals surface area contributed by atoms with Gasteiger partial charge in [-0.15, -0.1) is 0 Å². The first-order chi connectivity index (χ1) is 14.0. The maximum absolute atomic E-state index is 12.6. The molecule has 154 valence electrons. The molecule has 3 rings (SSSR count). The topological polar surface area (TPSA) is 79.9 Å². The van der Waals surface area contributed by atoms with Crippen LogP contribution in [0.3, 0.4) is 0 Å². The van der Waals surface area contributed by atoms with Crippen molar-refractivity contribution in [1.82, 2.24) is 5.32 Å². The second kappa shape index (κ2) is 9.52. The number of rotatable bonds is 6. The Kier molecular flexibility index (Phi) is 6.82. The van der Waals surface area contributed by atoms with E-state index in [1.54, 1.807) is 26.2 Å². The van der Waals surface area contributed by atoms with Crippen molar-refractivity contribution >= 4 is 35.0 Å². The van der Waals surface area contributed by atoms with Gasteiger partial charge in [-0.05, 0) is 55.8 Å². The maximum atomic E-state index is 12.6. The van der Waals surface area contributed by atoms with Crippen molar-refractivity contribution in [3.8, 4) is 5.75 Å². The smallest absolute Gasteiger partial charge is 0.411 e. The van der Waals surface area contributed by atoms with Gasteiger partial charge in [-0.3, -0.25) is 10.1 Å². The molecule has 0 aliphatic carbocycles. The standard InChI is InChI=1S/C21H24ClN3O4/c1-3-29-21(27)24-14-4-9-18(19(22)12-14)20(26)23-15-10-11-25(13-15)16-5-7-17(28-2)8-6-16/h4-9,12,15H,3,10-11,13H2,1-2H3,(H,23,26)(H,24,27). The molecule has 2 amide bonds. The SMILES string of the molecule is CCOC(=O)Nc1ccc(C(=O)NC2CCN(c3ccc(OC)cc3)C2)c(Cl)c1. The van der Waals surface area contributed by atoms with E-state index < -0.39 is 6.09 Å². The number of benzene rings is 2. The van der Waals surface area contributed by atoms with Crippen molar-refractivity contribution in [2.75, 3.05) is 37.0 Å². The van der Waals surface area contributed by atoms with Crippen LogP contribution in [0.4, 0.5) is 16.2 Å². The molecule has 1 unspecified atom stereocenters. The fourth-order valence-electron chi connectivity index (χ4n) is 3.23. The highest BCUT2D eigenvalue weighted by atomic mass is 35.5. The molecule has 7 nitrogen and oxygen atoms in total. The molecule has 0 spiro atoms. The summed E-state index contributed by atoms with van der Waals surface area (Å²) in [5, 5.41) is 5.86. The number of nitrogens with one attached hydrogen (secondary N) is 2. The van der Waals surface area contributed by atoms with E-state index in [-0.39, 0.29) is 23.6 Å². The molecule has 8 heteroatoms. The summed E-state index contributed by atoms with van der Waals surface area (Å²) in [7, 11) is 1.64. The lowest BCUT2D eigenvalue weighted by Crippen LogP contribution is -2.37. The van der Waals surface area contributed by atoms with E-state index in [0.29, 0.717) is 11.3 Å². The van der Waals surface area contributed by atoms with Gasteiger partial charge in [0.2, 0.25) is 0 Å². The lowest BCUT2D eigenvalue weighted by Gasteiger charge is -2.19. The number of nitrogens with zero attached hydrogens (tertiary/aromatic N) is 1. The minimum atomic E-state index is -0.564. The van der Waals surface area contributed by atoms with Crippen LogP contribution >= 0.6 is 11.6 Å². The lowest BCUT2D eigenvalue weighted by molar-refractivity contribution is 0.0940. The van der Waals surface area contributed by atoms with E-state index in [9.17, 15) is 9.59 Å². The van der Waals surface area contributed by atoms with Crippen molar-refractivity contribution < 1.29 is 19.1 Å². The Labute approximate surface area is 174 Å². The van der Waals surface area contributed by atoms with Gasteiger partial charge in [0.25, 0.3) is 5.91 Å². The van der Waals surface area contributed by atoms with Crippen LogP contribution in [0.15, 0.2) is 42.5 Å². The largest absolute Gasteiger partial charge is 0.497 e. The Balaban J connectivity index is 1.58. The molecule has 0 saturated carbocycles. The fourth-order valence-corrected chi connectivity index (χ4v) is 3.50. The predicted octanol–water partition coefficient (Wildman–Crippen LogP) is 3.93. The minimum absolute atomic E-state index is 0.0259. The molecule has 1 atom stereocenters. The first kappa shape index (κ1) is 20.8. The average Bonchev–Trinajstić information content (AvgIpc) is 3.16. The van der Waals surface area contributed by atoms with Gasteiger partial charge < -0.3 is 19.7 Å². The third-order valence-electron chi connectivity index (χ3n) is 4.70. The summed E-state index contributed by atoms with van der Waals surface area (Å²) in [5.41, 5.74) is 1.93. The Morgan fingerprint density at radius 3 is 2.62 bits per heavy atom. The Bertz CT molecular complexity index is 873. The van der Waals surface area contributed by atoms with E-state index in [0.717, 1.165) is 30.9 Å². The number of carbonyl (C=O) groups excluding carboxylic acids is 2. The monoisotopic (exact) mass is 417 g/mol. The maximum Gasteiger partial charge on any atom is 0.411 e. The van der Waals surface area contributed by atoms with Crippen molar-refractivity contribution in [3.05, 3.63) is 53.1 Å². The number of amides is 2. The number of hydrogen-bond donors (Lipinski definition) is 2. The lowest BCUT2D eigenvalue weighted by atomic mass is 10.1. The number of halogens is 1. The van der Waals surface area contributed by atoms with Crippen LogP contribution in [0, 0.1) is 0 Å². The summed E-state index contributed by atoms with van der Waals surface area (Å²) in [4.78, 5) is 26.4. The summed E-state index contributed by atoms with van der Waals surface area (Å²) in [6.07, 6.45) is 0.281. The molecule has 2 aromatic carbocycles. The molecule has 0 radical (unpaired) electrons. The third kappa shape index (κ3) is 5.32. The highest BCUT2D eigenvalue weighted by Crippen LogP contribution is 2.25. The van der Waals surface area contributed by atoms with Crippen molar-refractivity contribution in [1.29, 1.82) is 0 Å². The zero-order valence-corrected chi connectivity index (χ0v) is 17.2. The molecule has 2 aromatic rings. The van der Waals surface area contributed by atoms with Gasteiger partial charge in [-0.2, -0.15) is 0 Å². The second-order valence-corrected chi connectivity index (χ2v) is 7.05. The molecular formula is C21H24ClN3O4. The van der Waals surface area contributed by atoms with Crippen LogP contribution in [-0.4, -0.2) is 44.8 Å². The van der Waals surface area contributed by atoms with Crippen LogP contribution in [-0.2, 0) is 4.74 Å². The first-order valence-electron chi connectivity index (χ1n) is 9.43. The van der Waals surface area contributed by atoms with E-state index in [1.165, 1.54) is 6.07 Å². The zero-order chi connectivity index (χ0) is 20.8. The van der Waals surface area contributed by atoms with Crippen LogP contribution < -0.4 is 20.3 Å². The number of ether oxygens (including phenoxy) is 2. The average molecular weight is 418 g/mol. The Morgan fingerprint density at radius 2 is 1.97 bits per heavy atom. The van der Waals surface area contributed by atoms with Crippen LogP contribution in [0.25, 0.3) is 0 Å². The zero-order valence-electron chi connectivity index (χ0n) is 16.4. The van der Waals surface area contributed by atoms with Gasteiger partial charge in [0.05, 0.1) is 24.3 Å². The van der Waals surface area contributed by atoms with Crippen LogP contribution in [0.5, 0.6) is 5.75 Å². The molecule has 1 fully saturated rings. The Morgan fingerprint density at radius 1 is 1.21 bits per heavy atom. The highest BCUT2D eigenvalue weighted by Gasteiger charge is 2.25.